The SMILES string of the molecule is Cc1cccc(C)c1NC(=O)COc1cccc(/C=N\NC(=O)C(=O)Nc2cccc(Cl)c2Cl)c1. The lowest BCUT2D eigenvalue weighted by molar-refractivity contribution is -0.136. The third kappa shape index (κ3) is 7.30. The van der Waals surface area contributed by atoms with E-state index in [9.17, 15) is 14.4 Å². The largest absolute Gasteiger partial charge is 0.484 e. The predicted octanol–water partition coefficient (Wildman–Crippen LogP) is 4.72. The molecule has 3 N–H and O–H groups in total. The molecule has 3 rings (SSSR count). The molecule has 3 aromatic rings. The van der Waals surface area contributed by atoms with E-state index in [1.54, 1.807) is 36.4 Å². The molecule has 180 valence electrons. The number of hydrogen-bond acceptors (Lipinski definition) is 5. The van der Waals surface area contributed by atoms with Gasteiger partial charge in [0.05, 0.1) is 21.9 Å². The van der Waals surface area contributed by atoms with Crippen LogP contribution in [0.5, 0.6) is 5.75 Å². The smallest absolute Gasteiger partial charge is 0.329 e. The number of para-hydroxylation sites is 1. The Balaban J connectivity index is 1.51. The maximum Gasteiger partial charge on any atom is 0.329 e. The number of carbonyl (C=O) groups excluding carboxylic acids is 3. The Bertz CT molecular complexity index is 1270. The maximum absolute atomic E-state index is 12.3. The summed E-state index contributed by atoms with van der Waals surface area (Å²) in [5.74, 6) is -1.81. The second-order valence-corrected chi connectivity index (χ2v) is 8.22. The first-order valence-electron chi connectivity index (χ1n) is 10.4. The van der Waals surface area contributed by atoms with Gasteiger partial charge in [0.25, 0.3) is 5.91 Å². The molecule has 35 heavy (non-hydrogen) atoms. The van der Waals surface area contributed by atoms with E-state index >= 15 is 0 Å². The molecule has 0 unspecified atom stereocenters. The van der Waals surface area contributed by atoms with E-state index in [2.05, 4.69) is 21.2 Å². The summed E-state index contributed by atoms with van der Waals surface area (Å²) >= 11 is 11.9. The fourth-order valence-electron chi connectivity index (χ4n) is 3.02. The Morgan fingerprint density at radius 1 is 0.914 bits per heavy atom. The zero-order chi connectivity index (χ0) is 25.4. The van der Waals surface area contributed by atoms with Crippen LogP contribution in [-0.2, 0) is 14.4 Å². The van der Waals surface area contributed by atoms with Crippen LogP contribution in [0.3, 0.4) is 0 Å². The van der Waals surface area contributed by atoms with Crippen molar-refractivity contribution >= 4 is 58.5 Å². The Labute approximate surface area is 212 Å². The van der Waals surface area contributed by atoms with Gasteiger partial charge in [0.1, 0.15) is 5.75 Å². The van der Waals surface area contributed by atoms with Gasteiger partial charge in [-0.3, -0.25) is 14.4 Å². The highest BCUT2D eigenvalue weighted by molar-refractivity contribution is 6.45. The number of benzene rings is 3. The third-order valence-electron chi connectivity index (χ3n) is 4.76. The first-order valence-corrected chi connectivity index (χ1v) is 11.2. The number of amides is 3. The van der Waals surface area contributed by atoms with Crippen LogP contribution in [0, 0.1) is 13.8 Å². The predicted molar refractivity (Wildman–Crippen MR) is 137 cm³/mol. The number of nitrogens with one attached hydrogen (secondary N) is 3. The molecule has 3 amide bonds. The third-order valence-corrected chi connectivity index (χ3v) is 5.58. The highest BCUT2D eigenvalue weighted by Gasteiger charge is 2.15. The minimum Gasteiger partial charge on any atom is -0.484 e. The zero-order valence-electron chi connectivity index (χ0n) is 18.9. The van der Waals surface area contributed by atoms with E-state index in [1.807, 2.05) is 32.0 Å². The number of rotatable bonds is 7. The van der Waals surface area contributed by atoms with Gasteiger partial charge >= 0.3 is 11.8 Å². The molecule has 0 spiro atoms. The number of carbonyl (C=O) groups is 3. The Morgan fingerprint density at radius 2 is 1.60 bits per heavy atom. The molecule has 0 atom stereocenters. The molecular weight excluding hydrogens is 491 g/mol. The fraction of sp³-hybridized carbons (Fsp3) is 0.120. The van der Waals surface area contributed by atoms with E-state index in [4.69, 9.17) is 27.9 Å². The van der Waals surface area contributed by atoms with Crippen LogP contribution >= 0.6 is 23.2 Å². The second-order valence-electron chi connectivity index (χ2n) is 7.43. The van der Waals surface area contributed by atoms with Gasteiger partial charge in [-0.1, -0.05) is 59.6 Å². The topological polar surface area (TPSA) is 109 Å². The first-order chi connectivity index (χ1) is 16.7. The minimum atomic E-state index is -0.993. The van der Waals surface area contributed by atoms with Gasteiger partial charge in [-0.15, -0.1) is 0 Å². The lowest BCUT2D eigenvalue weighted by atomic mass is 10.1. The number of anilines is 2. The van der Waals surface area contributed by atoms with Crippen molar-refractivity contribution in [1.82, 2.24) is 5.43 Å². The van der Waals surface area contributed by atoms with Crippen LogP contribution in [0.4, 0.5) is 11.4 Å². The van der Waals surface area contributed by atoms with Crippen molar-refractivity contribution in [2.24, 2.45) is 5.10 Å². The van der Waals surface area contributed by atoms with Gasteiger partial charge in [-0.25, -0.2) is 5.43 Å². The van der Waals surface area contributed by atoms with E-state index in [1.165, 1.54) is 12.3 Å². The summed E-state index contributed by atoms with van der Waals surface area (Å²) in [6.45, 7) is 3.65. The van der Waals surface area contributed by atoms with E-state index < -0.39 is 11.8 Å². The molecule has 0 bridgehead atoms. The number of ether oxygens (including phenoxy) is 1. The summed E-state index contributed by atoms with van der Waals surface area (Å²) in [5, 5.41) is 9.36. The fourth-order valence-corrected chi connectivity index (χ4v) is 3.36. The van der Waals surface area contributed by atoms with E-state index in [0.717, 1.165) is 16.8 Å². The summed E-state index contributed by atoms with van der Waals surface area (Å²) in [4.78, 5) is 36.3. The molecule has 0 fully saturated rings. The maximum atomic E-state index is 12.3. The lowest BCUT2D eigenvalue weighted by Gasteiger charge is -2.12. The monoisotopic (exact) mass is 512 g/mol. The summed E-state index contributed by atoms with van der Waals surface area (Å²) in [7, 11) is 0. The number of aryl methyl sites for hydroxylation is 2. The van der Waals surface area contributed by atoms with Crippen molar-refractivity contribution in [2.75, 3.05) is 17.2 Å². The Kier molecular flexibility index (Phi) is 8.83. The minimum absolute atomic E-state index is 0.123. The van der Waals surface area contributed by atoms with Crippen LogP contribution in [0.2, 0.25) is 10.0 Å². The van der Waals surface area contributed by atoms with Crippen molar-refractivity contribution in [3.05, 3.63) is 87.4 Å². The lowest BCUT2D eigenvalue weighted by Crippen LogP contribution is -2.32. The van der Waals surface area contributed by atoms with Crippen molar-refractivity contribution in [1.29, 1.82) is 0 Å². The molecule has 10 heteroatoms. The molecule has 0 aromatic heterocycles. The van der Waals surface area contributed by atoms with Crippen molar-refractivity contribution in [3.63, 3.8) is 0 Å². The normalized spacial score (nSPS) is 10.6. The Morgan fingerprint density at radius 3 is 2.34 bits per heavy atom. The molecule has 0 aliphatic carbocycles. The van der Waals surface area contributed by atoms with Crippen LogP contribution in [0.15, 0.2) is 65.8 Å². The van der Waals surface area contributed by atoms with Crippen LogP contribution < -0.4 is 20.8 Å². The summed E-state index contributed by atoms with van der Waals surface area (Å²) in [5.41, 5.74) is 5.60. The molecule has 0 saturated carbocycles. The molecule has 0 radical (unpaired) electrons. The van der Waals surface area contributed by atoms with Gasteiger partial charge in [0, 0.05) is 5.69 Å². The number of halogens is 2. The van der Waals surface area contributed by atoms with Crippen molar-refractivity contribution in [3.8, 4) is 5.75 Å². The molecule has 3 aromatic carbocycles. The quantitative estimate of drug-likeness (QED) is 0.241. The highest BCUT2D eigenvalue weighted by Crippen LogP contribution is 2.29. The van der Waals surface area contributed by atoms with Gasteiger partial charge in [0.15, 0.2) is 6.61 Å². The average molecular weight is 513 g/mol. The number of hydrazone groups is 1. The van der Waals surface area contributed by atoms with E-state index in [-0.39, 0.29) is 28.2 Å². The van der Waals surface area contributed by atoms with Crippen LogP contribution in [-0.4, -0.2) is 30.5 Å². The van der Waals surface area contributed by atoms with E-state index in [0.29, 0.717) is 11.3 Å². The first kappa shape index (κ1) is 25.7. The standard InChI is InChI=1S/C25H22Cl2N4O4/c1-15-6-3-7-16(2)23(15)30-21(32)14-35-18-9-4-8-17(12-18)13-28-31-25(34)24(33)29-20-11-5-10-19(26)22(20)27/h3-13H,14H2,1-2H3,(H,29,33)(H,30,32)(H,31,34)/b28-13-. The highest BCUT2D eigenvalue weighted by atomic mass is 35.5. The summed E-state index contributed by atoms with van der Waals surface area (Å²) in [6, 6.07) is 17.1. The average Bonchev–Trinajstić information content (AvgIpc) is 2.83. The van der Waals surface area contributed by atoms with Gasteiger partial charge in [0.2, 0.25) is 0 Å². The molecule has 0 aliphatic heterocycles. The molecule has 8 nitrogen and oxygen atoms in total. The number of nitrogens with zero attached hydrogens (tertiary/aromatic N) is 1. The molecule has 0 heterocycles. The van der Waals surface area contributed by atoms with Crippen LogP contribution in [0.1, 0.15) is 16.7 Å². The summed E-state index contributed by atoms with van der Waals surface area (Å²) in [6.07, 6.45) is 1.33. The van der Waals surface area contributed by atoms with Gasteiger partial charge in [-0.2, -0.15) is 5.10 Å². The van der Waals surface area contributed by atoms with Gasteiger partial charge in [-0.05, 0) is 54.8 Å². The second kappa shape index (κ2) is 12.0. The molecule has 0 aliphatic rings. The zero-order valence-corrected chi connectivity index (χ0v) is 20.4. The van der Waals surface area contributed by atoms with Crippen molar-refractivity contribution < 1.29 is 19.1 Å². The van der Waals surface area contributed by atoms with Crippen LogP contribution in [0.25, 0.3) is 0 Å². The van der Waals surface area contributed by atoms with Gasteiger partial charge < -0.3 is 15.4 Å². The molecular formula is C25H22Cl2N4O4. The van der Waals surface area contributed by atoms with Crippen molar-refractivity contribution in [2.45, 2.75) is 13.8 Å². The number of hydrogen-bond donors (Lipinski definition) is 3. The molecule has 0 saturated heterocycles. The summed E-state index contributed by atoms with van der Waals surface area (Å²) < 4.78 is 5.56. The Hall–Kier alpha value is -3.88.